The highest BCUT2D eigenvalue weighted by Crippen LogP contribution is 2.24. The third-order valence-electron chi connectivity index (χ3n) is 1.90. The molecular weight excluding hydrogens is 136 g/mol. The monoisotopic (exact) mass is 148 g/mol. The molecule has 0 saturated carbocycles. The molecule has 0 aromatic carbocycles. The van der Waals surface area contributed by atoms with Gasteiger partial charge in [-0.2, -0.15) is 0 Å². The number of carbonyl (C=O) groups is 1. The van der Waals surface area contributed by atoms with E-state index in [-0.39, 0.29) is 11.7 Å². The molecule has 0 N–H and O–H groups in total. The number of hydrogen-bond acceptors (Lipinski definition) is 1. The first kappa shape index (κ1) is 7.99. The zero-order valence-corrected chi connectivity index (χ0v) is 6.71. The predicted molar refractivity (Wildman–Crippen MR) is 46.2 cm³/mol. The van der Waals surface area contributed by atoms with E-state index in [0.29, 0.717) is 0 Å². The third-order valence-corrected chi connectivity index (χ3v) is 1.90. The van der Waals surface area contributed by atoms with Gasteiger partial charge >= 0.3 is 0 Å². The van der Waals surface area contributed by atoms with Gasteiger partial charge in [0.05, 0.1) is 0 Å². The van der Waals surface area contributed by atoms with Gasteiger partial charge in [0.1, 0.15) is 0 Å². The van der Waals surface area contributed by atoms with Crippen molar-refractivity contribution in [2.45, 2.75) is 13.3 Å². The maximum Gasteiger partial charge on any atom is 0.181 e. The van der Waals surface area contributed by atoms with Crippen molar-refractivity contribution in [2.75, 3.05) is 0 Å². The van der Waals surface area contributed by atoms with Gasteiger partial charge in [0.2, 0.25) is 0 Å². The van der Waals surface area contributed by atoms with Crippen molar-refractivity contribution in [1.29, 1.82) is 0 Å². The fraction of sp³-hybridized carbons (Fsp3) is 0.300. The van der Waals surface area contributed by atoms with Crippen LogP contribution in [0.25, 0.3) is 0 Å². The van der Waals surface area contributed by atoms with Gasteiger partial charge in [-0.25, -0.2) is 0 Å². The number of allylic oxidation sites excluding steroid dienone is 5. The second kappa shape index (κ2) is 3.33. The second-order valence-electron chi connectivity index (χ2n) is 2.60. The number of carbonyl (C=O) groups excluding carboxylic acids is 1. The van der Waals surface area contributed by atoms with E-state index in [1.807, 2.05) is 25.2 Å². The smallest absolute Gasteiger partial charge is 0.181 e. The van der Waals surface area contributed by atoms with Crippen molar-refractivity contribution < 1.29 is 4.79 Å². The molecule has 11 heavy (non-hydrogen) atoms. The first-order valence-corrected chi connectivity index (χ1v) is 3.79. The zero-order valence-electron chi connectivity index (χ0n) is 6.71. The molecular formula is C10H12O. The van der Waals surface area contributed by atoms with Gasteiger partial charge in [0.15, 0.2) is 5.78 Å². The van der Waals surface area contributed by atoms with E-state index in [2.05, 4.69) is 6.58 Å². The second-order valence-corrected chi connectivity index (χ2v) is 2.60. The number of ketones is 1. The summed E-state index contributed by atoms with van der Waals surface area (Å²) in [6.07, 6.45) is 8.18. The maximum atomic E-state index is 11.1. The average Bonchev–Trinajstić information content (AvgIpc) is 2.33. The Labute approximate surface area is 67.1 Å². The Bertz CT molecular complexity index is 233. The summed E-state index contributed by atoms with van der Waals surface area (Å²) in [4.78, 5) is 11.1. The van der Waals surface area contributed by atoms with Crippen LogP contribution in [0.3, 0.4) is 0 Å². The molecule has 0 fully saturated rings. The Balaban J connectivity index is 2.76. The highest BCUT2D eigenvalue weighted by molar-refractivity contribution is 6.07. The van der Waals surface area contributed by atoms with E-state index in [4.69, 9.17) is 0 Å². The molecule has 1 heteroatoms. The summed E-state index contributed by atoms with van der Waals surface area (Å²) in [6.45, 7) is 5.54. The summed E-state index contributed by atoms with van der Waals surface area (Å²) < 4.78 is 0. The fourth-order valence-electron chi connectivity index (χ4n) is 1.33. The molecule has 0 aliphatic heterocycles. The Kier molecular flexibility index (Phi) is 2.42. The van der Waals surface area contributed by atoms with Crippen LogP contribution in [-0.2, 0) is 4.79 Å². The Hall–Kier alpha value is -1.11. The summed E-state index contributed by atoms with van der Waals surface area (Å²) >= 11 is 0. The van der Waals surface area contributed by atoms with Crippen LogP contribution < -0.4 is 0 Å². The van der Waals surface area contributed by atoms with Crippen molar-refractivity contribution in [3.8, 4) is 0 Å². The normalized spacial score (nSPS) is 26.5. The predicted octanol–water partition coefficient (Wildman–Crippen LogP) is 2.26. The van der Waals surface area contributed by atoms with Gasteiger partial charge < -0.3 is 0 Å². The number of hydrogen-bond donors (Lipinski definition) is 0. The molecule has 0 spiro atoms. The summed E-state index contributed by atoms with van der Waals surface area (Å²) in [5.41, 5.74) is 0.907. The van der Waals surface area contributed by atoms with Gasteiger partial charge in [-0.1, -0.05) is 18.2 Å². The topological polar surface area (TPSA) is 17.1 Å². The van der Waals surface area contributed by atoms with E-state index in [0.717, 1.165) is 12.0 Å². The summed E-state index contributed by atoms with van der Waals surface area (Å²) in [7, 11) is 0. The minimum Gasteiger partial charge on any atom is -0.290 e. The minimum absolute atomic E-state index is 0.152. The van der Waals surface area contributed by atoms with E-state index < -0.39 is 0 Å². The van der Waals surface area contributed by atoms with Crippen LogP contribution >= 0.6 is 0 Å². The molecule has 58 valence electrons. The fourth-order valence-corrected chi connectivity index (χ4v) is 1.33. The Morgan fingerprint density at radius 1 is 1.73 bits per heavy atom. The standard InChI is InChI=1S/C10H12O/c1-3-5-8-6-7-10(11)9(8)4-2/h3-4,6-8H,1,5H2,2H3/b9-4+/t8-/m0/s1. The average molecular weight is 148 g/mol. The molecule has 1 aliphatic rings. The lowest BCUT2D eigenvalue weighted by Crippen LogP contribution is -2.00. The highest BCUT2D eigenvalue weighted by atomic mass is 16.1. The number of rotatable bonds is 2. The van der Waals surface area contributed by atoms with Crippen molar-refractivity contribution in [3.05, 3.63) is 36.5 Å². The van der Waals surface area contributed by atoms with Crippen LogP contribution in [0.1, 0.15) is 13.3 Å². The molecule has 0 unspecified atom stereocenters. The largest absolute Gasteiger partial charge is 0.290 e. The van der Waals surface area contributed by atoms with Crippen LogP contribution in [0.15, 0.2) is 36.5 Å². The highest BCUT2D eigenvalue weighted by Gasteiger charge is 2.20. The molecule has 1 rings (SSSR count). The lowest BCUT2D eigenvalue weighted by Gasteiger charge is -2.04. The SMILES string of the molecule is C=CC[C@H]1C=CC(=O)/C1=C/C. The van der Waals surface area contributed by atoms with E-state index in [9.17, 15) is 4.79 Å². The van der Waals surface area contributed by atoms with E-state index in [1.54, 1.807) is 6.08 Å². The first-order chi connectivity index (χ1) is 5.29. The summed E-state index contributed by atoms with van der Waals surface area (Å²) in [6, 6.07) is 0. The molecule has 0 saturated heterocycles. The third kappa shape index (κ3) is 1.48. The van der Waals surface area contributed by atoms with Crippen LogP contribution in [0, 0.1) is 5.92 Å². The minimum atomic E-state index is 0.152. The lowest BCUT2D eigenvalue weighted by molar-refractivity contribution is -0.111. The van der Waals surface area contributed by atoms with Crippen LogP contribution in [0.5, 0.6) is 0 Å². The van der Waals surface area contributed by atoms with E-state index in [1.165, 1.54) is 0 Å². The van der Waals surface area contributed by atoms with Crippen LogP contribution in [-0.4, -0.2) is 5.78 Å². The van der Waals surface area contributed by atoms with Crippen molar-refractivity contribution in [2.24, 2.45) is 5.92 Å². The Morgan fingerprint density at radius 2 is 2.45 bits per heavy atom. The maximum absolute atomic E-state index is 11.1. The van der Waals surface area contributed by atoms with E-state index >= 15 is 0 Å². The zero-order chi connectivity index (χ0) is 8.27. The van der Waals surface area contributed by atoms with Crippen molar-refractivity contribution in [3.63, 3.8) is 0 Å². The molecule has 1 atom stereocenters. The van der Waals surface area contributed by atoms with Crippen LogP contribution in [0.4, 0.5) is 0 Å². The first-order valence-electron chi connectivity index (χ1n) is 3.79. The van der Waals surface area contributed by atoms with Gasteiger partial charge in [0, 0.05) is 11.5 Å². The molecule has 0 aromatic heterocycles. The lowest BCUT2D eigenvalue weighted by atomic mass is 9.99. The van der Waals surface area contributed by atoms with Crippen molar-refractivity contribution >= 4 is 5.78 Å². The van der Waals surface area contributed by atoms with Crippen molar-refractivity contribution in [1.82, 2.24) is 0 Å². The molecule has 0 bridgehead atoms. The summed E-state index contributed by atoms with van der Waals surface area (Å²) in [5, 5.41) is 0. The van der Waals surface area contributed by atoms with Gasteiger partial charge in [0.25, 0.3) is 0 Å². The Morgan fingerprint density at radius 3 is 3.00 bits per heavy atom. The molecule has 1 nitrogen and oxygen atoms in total. The molecule has 0 amide bonds. The molecule has 0 radical (unpaired) electrons. The quantitative estimate of drug-likeness (QED) is 0.433. The molecule has 1 aliphatic carbocycles. The van der Waals surface area contributed by atoms with Gasteiger partial charge in [-0.05, 0) is 19.4 Å². The molecule has 0 aromatic rings. The van der Waals surface area contributed by atoms with Crippen LogP contribution in [0.2, 0.25) is 0 Å². The van der Waals surface area contributed by atoms with Gasteiger partial charge in [-0.15, -0.1) is 6.58 Å². The molecule has 0 heterocycles. The summed E-state index contributed by atoms with van der Waals surface area (Å²) in [5.74, 6) is 0.435. The van der Waals surface area contributed by atoms with Gasteiger partial charge in [-0.3, -0.25) is 4.79 Å².